The van der Waals surface area contributed by atoms with Crippen LogP contribution in [-0.2, 0) is 11.2 Å². The van der Waals surface area contributed by atoms with E-state index in [1.54, 1.807) is 11.3 Å². The second-order valence-electron chi connectivity index (χ2n) is 5.48. The van der Waals surface area contributed by atoms with Crippen LogP contribution in [0.25, 0.3) is 10.2 Å². The van der Waals surface area contributed by atoms with Gasteiger partial charge in [-0.3, -0.25) is 0 Å². The van der Waals surface area contributed by atoms with E-state index < -0.39 is 0 Å². The molecule has 0 spiro atoms. The Hall–Kier alpha value is -1.40. The molecule has 0 atom stereocenters. The van der Waals surface area contributed by atoms with Crippen LogP contribution in [0.3, 0.4) is 0 Å². The van der Waals surface area contributed by atoms with E-state index in [9.17, 15) is 0 Å². The minimum absolute atomic E-state index is 0.166. The van der Waals surface area contributed by atoms with Gasteiger partial charge in [-0.05, 0) is 33.3 Å². The molecule has 0 radical (unpaired) electrons. The SMILES string of the molecule is CCc1cc2c(OCCOC(C)(C)C)nc(N)nc2s1. The van der Waals surface area contributed by atoms with Crippen LogP contribution in [0.5, 0.6) is 5.88 Å². The molecule has 0 aromatic carbocycles. The Morgan fingerprint density at radius 2 is 2.00 bits per heavy atom. The first kappa shape index (κ1) is 15.0. The summed E-state index contributed by atoms with van der Waals surface area (Å²) in [5.41, 5.74) is 5.56. The topological polar surface area (TPSA) is 70.3 Å². The van der Waals surface area contributed by atoms with Gasteiger partial charge >= 0.3 is 0 Å². The van der Waals surface area contributed by atoms with Crippen molar-refractivity contribution in [3.05, 3.63) is 10.9 Å². The van der Waals surface area contributed by atoms with Crippen molar-refractivity contribution in [3.8, 4) is 5.88 Å². The molecule has 0 fully saturated rings. The third-order valence-electron chi connectivity index (χ3n) is 2.63. The fourth-order valence-corrected chi connectivity index (χ4v) is 2.70. The fourth-order valence-electron chi connectivity index (χ4n) is 1.73. The van der Waals surface area contributed by atoms with Gasteiger partial charge < -0.3 is 15.2 Å². The maximum atomic E-state index is 5.72. The molecule has 0 saturated heterocycles. The van der Waals surface area contributed by atoms with Crippen LogP contribution in [0.1, 0.15) is 32.6 Å². The molecule has 0 saturated carbocycles. The van der Waals surface area contributed by atoms with Gasteiger partial charge in [-0.2, -0.15) is 4.98 Å². The monoisotopic (exact) mass is 295 g/mol. The van der Waals surface area contributed by atoms with E-state index in [1.165, 1.54) is 4.88 Å². The Labute approximate surface area is 123 Å². The summed E-state index contributed by atoms with van der Waals surface area (Å²) >= 11 is 1.63. The lowest BCUT2D eigenvalue weighted by Crippen LogP contribution is -2.22. The molecule has 0 bridgehead atoms. The smallest absolute Gasteiger partial charge is 0.227 e. The lowest BCUT2D eigenvalue weighted by molar-refractivity contribution is -0.0166. The first-order chi connectivity index (χ1) is 9.39. The molecule has 0 aliphatic carbocycles. The molecule has 2 heterocycles. The molecule has 2 N–H and O–H groups in total. The van der Waals surface area contributed by atoms with E-state index in [1.807, 2.05) is 20.8 Å². The van der Waals surface area contributed by atoms with Crippen molar-refractivity contribution in [2.24, 2.45) is 0 Å². The molecule has 2 aromatic rings. The lowest BCUT2D eigenvalue weighted by atomic mass is 10.2. The van der Waals surface area contributed by atoms with Gasteiger partial charge in [0, 0.05) is 4.88 Å². The van der Waals surface area contributed by atoms with Crippen molar-refractivity contribution in [1.29, 1.82) is 0 Å². The van der Waals surface area contributed by atoms with E-state index in [-0.39, 0.29) is 11.5 Å². The maximum absolute atomic E-state index is 5.72. The van der Waals surface area contributed by atoms with Crippen molar-refractivity contribution >= 4 is 27.5 Å². The quantitative estimate of drug-likeness (QED) is 0.859. The molecular weight excluding hydrogens is 274 g/mol. The minimum atomic E-state index is -0.166. The van der Waals surface area contributed by atoms with Crippen molar-refractivity contribution in [2.75, 3.05) is 18.9 Å². The average Bonchev–Trinajstić information content (AvgIpc) is 2.76. The molecular formula is C14H21N3O2S. The largest absolute Gasteiger partial charge is 0.475 e. The molecule has 20 heavy (non-hydrogen) atoms. The third-order valence-corrected chi connectivity index (χ3v) is 3.81. The summed E-state index contributed by atoms with van der Waals surface area (Å²) in [5.74, 6) is 0.787. The molecule has 6 heteroatoms. The van der Waals surface area contributed by atoms with Gasteiger partial charge in [-0.25, -0.2) is 4.98 Å². The number of nitrogens with two attached hydrogens (primary N) is 1. The van der Waals surface area contributed by atoms with Crippen molar-refractivity contribution in [1.82, 2.24) is 9.97 Å². The molecule has 0 amide bonds. The van der Waals surface area contributed by atoms with Gasteiger partial charge in [-0.1, -0.05) is 6.92 Å². The van der Waals surface area contributed by atoms with Crippen molar-refractivity contribution in [3.63, 3.8) is 0 Å². The van der Waals surface area contributed by atoms with Crippen LogP contribution < -0.4 is 10.5 Å². The predicted molar refractivity (Wildman–Crippen MR) is 82.4 cm³/mol. The van der Waals surface area contributed by atoms with E-state index in [4.69, 9.17) is 15.2 Å². The summed E-state index contributed by atoms with van der Waals surface area (Å²) in [6.45, 7) is 9.11. The third kappa shape index (κ3) is 3.80. The number of aryl methyl sites for hydroxylation is 1. The summed E-state index contributed by atoms with van der Waals surface area (Å²) in [7, 11) is 0. The zero-order valence-electron chi connectivity index (χ0n) is 12.4. The Morgan fingerprint density at radius 3 is 2.65 bits per heavy atom. The molecule has 110 valence electrons. The highest BCUT2D eigenvalue weighted by Gasteiger charge is 2.13. The molecule has 0 aliphatic heterocycles. The Morgan fingerprint density at radius 1 is 1.25 bits per heavy atom. The Balaban J connectivity index is 2.10. The highest BCUT2D eigenvalue weighted by Crippen LogP contribution is 2.31. The van der Waals surface area contributed by atoms with Gasteiger partial charge in [0.25, 0.3) is 0 Å². The molecule has 5 nitrogen and oxygen atoms in total. The molecule has 2 aromatic heterocycles. The number of aromatic nitrogens is 2. The zero-order chi connectivity index (χ0) is 14.8. The van der Waals surface area contributed by atoms with Gasteiger partial charge in [-0.15, -0.1) is 11.3 Å². The van der Waals surface area contributed by atoms with Crippen LogP contribution in [0.2, 0.25) is 0 Å². The van der Waals surface area contributed by atoms with E-state index in [0.717, 1.165) is 16.6 Å². The molecule has 0 unspecified atom stereocenters. The predicted octanol–water partition coefficient (Wildman–Crippen LogP) is 3.03. The second kappa shape index (κ2) is 5.93. The average molecular weight is 295 g/mol. The number of nitrogen functional groups attached to an aromatic ring is 1. The van der Waals surface area contributed by atoms with Crippen LogP contribution in [-0.4, -0.2) is 28.8 Å². The summed E-state index contributed by atoms with van der Waals surface area (Å²) in [6.07, 6.45) is 0.966. The lowest BCUT2D eigenvalue weighted by Gasteiger charge is -2.19. The summed E-state index contributed by atoms with van der Waals surface area (Å²) in [5, 5.41) is 0.928. The van der Waals surface area contributed by atoms with Gasteiger partial charge in [0.05, 0.1) is 17.6 Å². The van der Waals surface area contributed by atoms with Gasteiger partial charge in [0.15, 0.2) is 0 Å². The fraction of sp³-hybridized carbons (Fsp3) is 0.571. The van der Waals surface area contributed by atoms with Gasteiger partial charge in [0.1, 0.15) is 11.4 Å². The van der Waals surface area contributed by atoms with Crippen LogP contribution in [0.15, 0.2) is 6.07 Å². The Bertz CT molecular complexity index is 590. The summed E-state index contributed by atoms with van der Waals surface area (Å²) in [6, 6.07) is 2.07. The number of rotatable bonds is 5. The number of hydrogen-bond acceptors (Lipinski definition) is 6. The summed E-state index contributed by atoms with van der Waals surface area (Å²) < 4.78 is 11.3. The first-order valence-electron chi connectivity index (χ1n) is 6.71. The Kier molecular flexibility index (Phi) is 4.45. The summed E-state index contributed by atoms with van der Waals surface area (Å²) in [4.78, 5) is 10.5. The second-order valence-corrected chi connectivity index (χ2v) is 6.60. The number of ether oxygens (including phenoxy) is 2. The first-order valence-corrected chi connectivity index (χ1v) is 7.53. The van der Waals surface area contributed by atoms with E-state index in [2.05, 4.69) is 23.0 Å². The van der Waals surface area contributed by atoms with E-state index >= 15 is 0 Å². The minimum Gasteiger partial charge on any atom is -0.475 e. The number of nitrogens with zero attached hydrogens (tertiary/aromatic N) is 2. The zero-order valence-corrected chi connectivity index (χ0v) is 13.2. The van der Waals surface area contributed by atoms with Crippen molar-refractivity contribution < 1.29 is 9.47 Å². The maximum Gasteiger partial charge on any atom is 0.227 e. The number of thiophene rings is 1. The highest BCUT2D eigenvalue weighted by molar-refractivity contribution is 7.18. The number of hydrogen-bond donors (Lipinski definition) is 1. The van der Waals surface area contributed by atoms with E-state index in [0.29, 0.717) is 19.1 Å². The highest BCUT2D eigenvalue weighted by atomic mass is 32.1. The van der Waals surface area contributed by atoms with Gasteiger partial charge in [0.2, 0.25) is 11.8 Å². The van der Waals surface area contributed by atoms with Crippen LogP contribution in [0, 0.1) is 0 Å². The van der Waals surface area contributed by atoms with Crippen LogP contribution in [0.4, 0.5) is 5.95 Å². The normalized spacial score (nSPS) is 12.0. The molecule has 0 aliphatic rings. The molecule has 2 rings (SSSR count). The number of anilines is 1. The standard InChI is InChI=1S/C14H21N3O2S/c1-5-9-8-10-11(16-13(15)17-12(10)20-9)18-6-7-19-14(2,3)4/h8H,5-7H2,1-4H3,(H2,15,16,17). The number of fused-ring (bicyclic) bond motifs is 1. The van der Waals surface area contributed by atoms with Crippen molar-refractivity contribution in [2.45, 2.75) is 39.7 Å². The van der Waals surface area contributed by atoms with Crippen LogP contribution >= 0.6 is 11.3 Å².